The number of ketones is 1. The molecule has 7 nitrogen and oxygen atoms in total. The van der Waals surface area contributed by atoms with E-state index in [9.17, 15) is 9.59 Å². The lowest BCUT2D eigenvalue weighted by molar-refractivity contribution is -0.124. The number of hydrogen-bond acceptors (Lipinski definition) is 5. The highest BCUT2D eigenvalue weighted by atomic mass is 16.1. The molecule has 0 atom stereocenters. The maximum atomic E-state index is 11.6. The minimum atomic E-state index is -0.431. The molecule has 2 heterocycles. The van der Waals surface area contributed by atoms with Crippen molar-refractivity contribution in [3.63, 3.8) is 0 Å². The second-order valence-corrected chi connectivity index (χ2v) is 4.10. The van der Waals surface area contributed by atoms with Gasteiger partial charge >= 0.3 is 0 Å². The molecule has 2 aromatic heterocycles. The predicted octanol–water partition coefficient (Wildman–Crippen LogP) is -1.76. The lowest BCUT2D eigenvalue weighted by Crippen LogP contribution is -2.25. The van der Waals surface area contributed by atoms with Crippen LogP contribution in [-0.2, 0) is 4.79 Å². The zero-order chi connectivity index (χ0) is 12.2. The number of rotatable bonds is 1. The standard InChI is InChI=1S/C9H8BN5O2/c10-6-5-8(17)13-9(11)14-15(5)7(12-6)3-1-4(16)2-3/h3H,1-2H2,(H3,11,13,14,17). The van der Waals surface area contributed by atoms with Crippen molar-refractivity contribution in [1.29, 1.82) is 0 Å². The molecule has 0 aliphatic heterocycles. The normalized spacial score (nSPS) is 16.4. The number of aromatic nitrogens is 4. The van der Waals surface area contributed by atoms with E-state index < -0.39 is 5.56 Å². The molecule has 0 saturated heterocycles. The molecule has 17 heavy (non-hydrogen) atoms. The second kappa shape index (κ2) is 3.19. The summed E-state index contributed by atoms with van der Waals surface area (Å²) >= 11 is 0. The second-order valence-electron chi connectivity index (χ2n) is 4.10. The topological polar surface area (TPSA) is 106 Å². The number of anilines is 1. The number of nitrogens with one attached hydrogen (secondary N) is 1. The third-order valence-electron chi connectivity index (χ3n) is 2.88. The van der Waals surface area contributed by atoms with Crippen molar-refractivity contribution >= 4 is 30.7 Å². The number of nitrogens with two attached hydrogens (primary N) is 1. The van der Waals surface area contributed by atoms with E-state index in [0.717, 1.165) is 0 Å². The van der Waals surface area contributed by atoms with Gasteiger partial charge in [-0.1, -0.05) is 0 Å². The Morgan fingerprint density at radius 3 is 2.76 bits per heavy atom. The Bertz CT molecular complexity index is 680. The lowest BCUT2D eigenvalue weighted by atomic mass is 9.83. The number of imidazole rings is 1. The van der Waals surface area contributed by atoms with E-state index in [-0.39, 0.29) is 28.8 Å². The highest BCUT2D eigenvalue weighted by molar-refractivity contribution is 6.35. The van der Waals surface area contributed by atoms with Crippen LogP contribution in [0, 0.1) is 0 Å². The summed E-state index contributed by atoms with van der Waals surface area (Å²) in [7, 11) is 5.66. The van der Waals surface area contributed by atoms with Gasteiger partial charge in [0.1, 0.15) is 25.0 Å². The summed E-state index contributed by atoms with van der Waals surface area (Å²) < 4.78 is 1.33. The van der Waals surface area contributed by atoms with E-state index in [1.807, 2.05) is 0 Å². The summed E-state index contributed by atoms with van der Waals surface area (Å²) in [4.78, 5) is 29.1. The van der Waals surface area contributed by atoms with Crippen LogP contribution < -0.4 is 16.9 Å². The molecule has 1 saturated carbocycles. The van der Waals surface area contributed by atoms with Crippen molar-refractivity contribution in [2.24, 2.45) is 0 Å². The van der Waals surface area contributed by atoms with E-state index in [4.69, 9.17) is 13.6 Å². The molecule has 1 aliphatic carbocycles. The summed E-state index contributed by atoms with van der Waals surface area (Å²) in [5.74, 6) is 0.658. The molecule has 2 radical (unpaired) electrons. The highest BCUT2D eigenvalue weighted by Gasteiger charge is 2.32. The van der Waals surface area contributed by atoms with E-state index in [1.54, 1.807) is 0 Å². The quantitative estimate of drug-likeness (QED) is 0.563. The van der Waals surface area contributed by atoms with E-state index in [2.05, 4.69) is 15.1 Å². The molecular weight excluding hydrogens is 221 g/mol. The third kappa shape index (κ3) is 1.37. The fraction of sp³-hybridized carbons (Fsp3) is 0.333. The van der Waals surface area contributed by atoms with Gasteiger partial charge in [0.15, 0.2) is 0 Å². The first-order chi connectivity index (χ1) is 8.06. The molecule has 0 aromatic carbocycles. The summed E-state index contributed by atoms with van der Waals surface area (Å²) in [6.45, 7) is 0. The van der Waals surface area contributed by atoms with Gasteiger partial charge in [0.2, 0.25) is 5.95 Å². The van der Waals surface area contributed by atoms with E-state index >= 15 is 0 Å². The van der Waals surface area contributed by atoms with Gasteiger partial charge in [0.05, 0.1) is 0 Å². The monoisotopic (exact) mass is 229 g/mol. The molecule has 2 aromatic rings. The van der Waals surface area contributed by atoms with Crippen LogP contribution in [0.4, 0.5) is 5.95 Å². The number of carbonyl (C=O) groups is 1. The van der Waals surface area contributed by atoms with Gasteiger partial charge in [-0.15, -0.1) is 5.10 Å². The molecule has 8 heteroatoms. The maximum Gasteiger partial charge on any atom is 0.277 e. The average molecular weight is 229 g/mol. The van der Waals surface area contributed by atoms with Crippen LogP contribution >= 0.6 is 0 Å². The number of carbonyl (C=O) groups excluding carboxylic acids is 1. The first-order valence-electron chi connectivity index (χ1n) is 5.12. The van der Waals surface area contributed by atoms with E-state index in [1.165, 1.54) is 4.52 Å². The van der Waals surface area contributed by atoms with Crippen LogP contribution in [0.1, 0.15) is 24.6 Å². The number of hydrogen-bond donors (Lipinski definition) is 2. The Balaban J connectivity index is 2.26. The van der Waals surface area contributed by atoms with Crippen molar-refractivity contribution in [2.45, 2.75) is 18.8 Å². The number of nitrogen functional groups attached to an aromatic ring is 1. The average Bonchev–Trinajstić information content (AvgIpc) is 2.51. The van der Waals surface area contributed by atoms with Gasteiger partial charge in [-0.25, -0.2) is 9.50 Å². The zero-order valence-corrected chi connectivity index (χ0v) is 8.80. The van der Waals surface area contributed by atoms with Crippen LogP contribution in [0.5, 0.6) is 0 Å². The molecule has 1 aliphatic rings. The fourth-order valence-corrected chi connectivity index (χ4v) is 2.01. The molecule has 3 rings (SSSR count). The van der Waals surface area contributed by atoms with Gasteiger partial charge in [-0.2, -0.15) is 0 Å². The van der Waals surface area contributed by atoms with Crippen molar-refractivity contribution in [2.75, 3.05) is 5.73 Å². The minimum Gasteiger partial charge on any atom is -0.368 e. The van der Waals surface area contributed by atoms with Gasteiger partial charge in [-0.05, 0) is 0 Å². The van der Waals surface area contributed by atoms with Crippen LogP contribution in [0.2, 0.25) is 0 Å². The zero-order valence-electron chi connectivity index (χ0n) is 8.80. The summed E-state index contributed by atoms with van der Waals surface area (Å²) in [5, 5.41) is 3.97. The Morgan fingerprint density at radius 2 is 2.12 bits per heavy atom. The molecule has 1 fully saturated rings. The smallest absolute Gasteiger partial charge is 0.277 e. The Hall–Kier alpha value is -2.12. The summed E-state index contributed by atoms with van der Waals surface area (Å²) in [5.41, 5.74) is 5.31. The summed E-state index contributed by atoms with van der Waals surface area (Å²) in [6, 6.07) is 0. The van der Waals surface area contributed by atoms with Crippen molar-refractivity contribution in [3.8, 4) is 0 Å². The number of H-pyrrole nitrogens is 1. The number of Topliss-reactive ketones (excluding diaryl/α,β-unsaturated/α-hetero) is 1. The first kappa shape index (κ1) is 10.1. The Labute approximate surface area is 96.4 Å². The first-order valence-corrected chi connectivity index (χ1v) is 5.12. The highest BCUT2D eigenvalue weighted by Crippen LogP contribution is 2.31. The Kier molecular flexibility index (Phi) is 1.89. The molecule has 3 N–H and O–H groups in total. The molecule has 0 amide bonds. The van der Waals surface area contributed by atoms with Crippen molar-refractivity contribution in [3.05, 3.63) is 16.2 Å². The van der Waals surface area contributed by atoms with Crippen molar-refractivity contribution in [1.82, 2.24) is 19.6 Å². The van der Waals surface area contributed by atoms with Gasteiger partial charge in [-0.3, -0.25) is 14.6 Å². The largest absolute Gasteiger partial charge is 0.368 e. The molecule has 0 bridgehead atoms. The van der Waals surface area contributed by atoms with Gasteiger partial charge in [0.25, 0.3) is 5.56 Å². The molecule has 0 spiro atoms. The van der Waals surface area contributed by atoms with Crippen molar-refractivity contribution < 1.29 is 4.79 Å². The number of aromatic amines is 1. The maximum absolute atomic E-state index is 11.6. The third-order valence-corrected chi connectivity index (χ3v) is 2.88. The minimum absolute atomic E-state index is 0.00759. The predicted molar refractivity (Wildman–Crippen MR) is 60.4 cm³/mol. The number of fused-ring (bicyclic) bond motifs is 1. The molecular formula is C9H8BN5O2. The Morgan fingerprint density at radius 1 is 1.41 bits per heavy atom. The fourth-order valence-electron chi connectivity index (χ4n) is 2.01. The van der Waals surface area contributed by atoms with E-state index in [0.29, 0.717) is 18.7 Å². The lowest BCUT2D eigenvalue weighted by Gasteiger charge is -2.22. The van der Waals surface area contributed by atoms with Crippen LogP contribution in [0.25, 0.3) is 5.52 Å². The SMILES string of the molecule is [B]c1nc(C2CC(=O)C2)n2nc(N)[nH]c(=O)c12. The van der Waals surface area contributed by atoms with Crippen LogP contribution in [0.3, 0.4) is 0 Å². The molecule has 0 unspecified atom stereocenters. The van der Waals surface area contributed by atoms with Gasteiger partial charge < -0.3 is 5.73 Å². The summed E-state index contributed by atoms with van der Waals surface area (Å²) in [6.07, 6.45) is 0.819. The number of nitrogens with zero attached hydrogens (tertiary/aromatic N) is 3. The molecule has 84 valence electrons. The van der Waals surface area contributed by atoms with Crippen LogP contribution in [0.15, 0.2) is 4.79 Å². The van der Waals surface area contributed by atoms with Crippen LogP contribution in [-0.4, -0.2) is 33.2 Å². The van der Waals surface area contributed by atoms with Gasteiger partial charge in [0, 0.05) is 24.4 Å².